The van der Waals surface area contributed by atoms with Crippen molar-refractivity contribution in [3.8, 4) is 0 Å². The van der Waals surface area contributed by atoms with E-state index >= 15 is 0 Å². The minimum Gasteiger partial charge on any atom is -0.311 e. The van der Waals surface area contributed by atoms with E-state index in [4.69, 9.17) is 0 Å². The number of hydrogen-bond acceptors (Lipinski definition) is 2. The van der Waals surface area contributed by atoms with E-state index in [0.29, 0.717) is 0 Å². The van der Waals surface area contributed by atoms with Crippen LogP contribution in [0.15, 0.2) is 30.3 Å². The van der Waals surface area contributed by atoms with Gasteiger partial charge >= 0.3 is 0 Å². The molecule has 10 heavy (non-hydrogen) atoms. The van der Waals surface area contributed by atoms with Crippen molar-refractivity contribution in [2.75, 3.05) is 0 Å². The molecule has 1 rings (SSSR count). The highest BCUT2D eigenvalue weighted by molar-refractivity contribution is 7.52. The minimum absolute atomic E-state index is 0.752. The first-order chi connectivity index (χ1) is 4.84. The molecule has 54 valence electrons. The topological polar surface area (TPSA) is 26.3 Å². The lowest BCUT2D eigenvalue weighted by atomic mass is 10.4. The van der Waals surface area contributed by atoms with E-state index in [0.717, 1.165) is 5.30 Å². The van der Waals surface area contributed by atoms with Crippen molar-refractivity contribution in [2.24, 2.45) is 0 Å². The lowest BCUT2D eigenvalue weighted by Gasteiger charge is -1.96. The van der Waals surface area contributed by atoms with Crippen molar-refractivity contribution in [1.29, 1.82) is 0 Å². The van der Waals surface area contributed by atoms with Crippen molar-refractivity contribution in [1.82, 2.24) is 0 Å². The van der Waals surface area contributed by atoms with Crippen LogP contribution in [0.3, 0.4) is 0 Å². The summed E-state index contributed by atoms with van der Waals surface area (Å²) >= 11 is 0. The highest BCUT2D eigenvalue weighted by Crippen LogP contribution is 2.23. The quantitative estimate of drug-likeness (QED) is 0.636. The van der Waals surface area contributed by atoms with E-state index < -0.39 is 8.03 Å². The van der Waals surface area contributed by atoms with E-state index in [1.807, 2.05) is 27.7 Å². The molecule has 0 bridgehead atoms. The van der Waals surface area contributed by atoms with Crippen LogP contribution in [-0.2, 0) is 8.88 Å². The summed E-state index contributed by atoms with van der Waals surface area (Å²) in [6.07, 6.45) is 0. The van der Waals surface area contributed by atoms with Crippen LogP contribution < -0.4 is 5.30 Å². The van der Waals surface area contributed by atoms with E-state index in [1.165, 1.54) is 0 Å². The van der Waals surface area contributed by atoms with Crippen LogP contribution in [0, 0.1) is 0 Å². The molecule has 2 atom stereocenters. The molecule has 0 fully saturated rings. The normalized spacial score (nSPS) is 12.9. The Morgan fingerprint density at radius 3 is 2.40 bits per heavy atom. The van der Waals surface area contributed by atoms with Crippen LogP contribution in [0.25, 0.3) is 0 Å². The molecule has 0 spiro atoms. The fourth-order valence-corrected chi connectivity index (χ4v) is 1.65. The third-order valence-electron chi connectivity index (χ3n) is 1.12. The van der Waals surface area contributed by atoms with Gasteiger partial charge in [-0.25, -0.2) is 0 Å². The first kappa shape index (κ1) is 7.94. The fraction of sp³-hybridized carbons (Fsp3) is 0. The summed E-state index contributed by atoms with van der Waals surface area (Å²) in [6.45, 7) is 0. The van der Waals surface area contributed by atoms with Crippen molar-refractivity contribution in [3.05, 3.63) is 30.3 Å². The first-order valence-electron chi connectivity index (χ1n) is 2.80. The summed E-state index contributed by atoms with van der Waals surface area (Å²) in [5.41, 5.74) is 0. The van der Waals surface area contributed by atoms with Crippen LogP contribution in [-0.4, -0.2) is 0 Å². The lowest BCUT2D eigenvalue weighted by molar-refractivity contribution is 0.543. The van der Waals surface area contributed by atoms with E-state index in [1.54, 1.807) is 12.1 Å². The second kappa shape index (κ2) is 3.88. The van der Waals surface area contributed by atoms with Gasteiger partial charge in [0.1, 0.15) is 0 Å². The monoisotopic (exact) mass is 174 g/mol. The smallest absolute Gasteiger partial charge is 0.223 e. The van der Waals surface area contributed by atoms with Crippen LogP contribution in [0.1, 0.15) is 0 Å². The predicted molar refractivity (Wildman–Crippen MR) is 45.9 cm³/mol. The van der Waals surface area contributed by atoms with Crippen molar-refractivity contribution in [2.45, 2.75) is 0 Å². The molecule has 2 nitrogen and oxygen atoms in total. The van der Waals surface area contributed by atoms with Gasteiger partial charge in [-0.2, -0.15) is 0 Å². The van der Waals surface area contributed by atoms with Crippen LogP contribution in [0.2, 0.25) is 0 Å². The molecule has 0 saturated carbocycles. The Bertz CT molecular complexity index is 222. The summed E-state index contributed by atoms with van der Waals surface area (Å²) in [6, 6.07) is 9.11. The van der Waals surface area contributed by atoms with Gasteiger partial charge in [0, 0.05) is 14.8 Å². The highest BCUT2D eigenvalue weighted by atomic mass is 31.2. The van der Waals surface area contributed by atoms with Crippen LogP contribution in [0.5, 0.6) is 0 Å². The maximum absolute atomic E-state index is 11.0. The van der Waals surface area contributed by atoms with Gasteiger partial charge in [0.15, 0.2) is 0 Å². The van der Waals surface area contributed by atoms with Gasteiger partial charge in [-0.05, 0) is 12.1 Å². The summed E-state index contributed by atoms with van der Waals surface area (Å²) < 4.78 is 15.6. The summed E-state index contributed by atoms with van der Waals surface area (Å²) in [5.74, 6) is 0. The zero-order valence-corrected chi connectivity index (χ0v) is 7.44. The molecule has 0 aliphatic carbocycles. The van der Waals surface area contributed by atoms with E-state index in [-0.39, 0.29) is 0 Å². The van der Waals surface area contributed by atoms with Gasteiger partial charge < -0.3 is 4.31 Å². The molecule has 0 aliphatic rings. The summed E-state index contributed by atoms with van der Waals surface area (Å²) in [4.78, 5) is 0. The Balaban J connectivity index is 2.85. The molecule has 1 aromatic rings. The minimum atomic E-state index is -1.99. The summed E-state index contributed by atoms with van der Waals surface area (Å²) in [7, 11) is 0.00645. The fourth-order valence-electron chi connectivity index (χ4n) is 0.642. The molecule has 0 aliphatic heterocycles. The molecule has 0 N–H and O–H groups in total. The van der Waals surface area contributed by atoms with Gasteiger partial charge in [0.05, 0.1) is 0 Å². The van der Waals surface area contributed by atoms with Gasteiger partial charge in [-0.1, -0.05) is 18.2 Å². The van der Waals surface area contributed by atoms with E-state index in [2.05, 4.69) is 4.31 Å². The third-order valence-corrected chi connectivity index (χ3v) is 2.78. The van der Waals surface area contributed by atoms with E-state index in [9.17, 15) is 4.57 Å². The zero-order valence-electron chi connectivity index (χ0n) is 5.28. The Morgan fingerprint density at radius 1 is 1.30 bits per heavy atom. The Hall–Kier alpha value is -0.160. The SMILES string of the molecule is O=[PH](OP)c1ccccc1. The number of benzene rings is 1. The largest absolute Gasteiger partial charge is 0.311 e. The maximum atomic E-state index is 11.0. The standard InChI is InChI=1S/C6H8O2P2/c7-10(8-9)6-4-2-1-3-5-6/h1-5,10H,9H2. The molecular weight excluding hydrogens is 166 g/mol. The second-order valence-electron chi connectivity index (χ2n) is 1.77. The van der Waals surface area contributed by atoms with Gasteiger partial charge in [0.2, 0.25) is 8.03 Å². The van der Waals surface area contributed by atoms with Crippen LogP contribution in [0.4, 0.5) is 0 Å². The van der Waals surface area contributed by atoms with Gasteiger partial charge in [-0.3, -0.25) is 4.57 Å². The second-order valence-corrected chi connectivity index (χ2v) is 3.87. The van der Waals surface area contributed by atoms with Gasteiger partial charge in [0.25, 0.3) is 0 Å². The van der Waals surface area contributed by atoms with Crippen LogP contribution >= 0.6 is 17.5 Å². The lowest BCUT2D eigenvalue weighted by Crippen LogP contribution is -1.92. The average Bonchev–Trinajstić information content (AvgIpc) is 2.05. The molecule has 0 heterocycles. The predicted octanol–water partition coefficient (Wildman–Crippen LogP) is 1.59. The molecule has 0 aromatic heterocycles. The average molecular weight is 174 g/mol. The molecule has 2 unspecified atom stereocenters. The summed E-state index contributed by atoms with van der Waals surface area (Å²) in [5, 5.41) is 0.752. The highest BCUT2D eigenvalue weighted by Gasteiger charge is 1.97. The Labute approximate surface area is 62.8 Å². The Morgan fingerprint density at radius 2 is 1.90 bits per heavy atom. The maximum Gasteiger partial charge on any atom is 0.223 e. The molecule has 0 saturated heterocycles. The van der Waals surface area contributed by atoms with Crippen molar-refractivity contribution >= 4 is 22.8 Å². The molecule has 0 radical (unpaired) electrons. The molecule has 0 amide bonds. The number of hydrogen-bond donors (Lipinski definition) is 0. The molecular formula is C6H8O2P2. The van der Waals surface area contributed by atoms with Crippen molar-refractivity contribution in [3.63, 3.8) is 0 Å². The molecule has 1 aromatic carbocycles. The number of rotatable bonds is 2. The Kier molecular flexibility index (Phi) is 3.08. The van der Waals surface area contributed by atoms with Crippen molar-refractivity contribution < 1.29 is 8.88 Å². The first-order valence-corrected chi connectivity index (χ1v) is 4.59. The zero-order chi connectivity index (χ0) is 7.40. The van der Waals surface area contributed by atoms with Gasteiger partial charge in [-0.15, -0.1) is 0 Å². The third kappa shape index (κ3) is 1.91. The molecule has 4 heteroatoms.